The van der Waals surface area contributed by atoms with E-state index in [1.54, 1.807) is 6.08 Å². The van der Waals surface area contributed by atoms with E-state index in [1.165, 1.54) is 30.3 Å². The summed E-state index contributed by atoms with van der Waals surface area (Å²) >= 11 is 3.35. The summed E-state index contributed by atoms with van der Waals surface area (Å²) in [5.41, 5.74) is 1.37. The number of rotatable bonds is 7. The normalized spacial score (nSPS) is 10.8. The van der Waals surface area contributed by atoms with E-state index in [1.807, 2.05) is 24.3 Å². The number of halogens is 2. The molecule has 4 heteroatoms. The van der Waals surface area contributed by atoms with Crippen LogP contribution in [0.15, 0.2) is 54.6 Å². The van der Waals surface area contributed by atoms with Crippen LogP contribution >= 0.6 is 15.9 Å². The van der Waals surface area contributed by atoms with Crippen molar-refractivity contribution in [3.63, 3.8) is 0 Å². The molecule has 0 N–H and O–H groups in total. The molecule has 22 heavy (non-hydrogen) atoms. The Morgan fingerprint density at radius 3 is 2.41 bits per heavy atom. The average molecular weight is 363 g/mol. The topological polar surface area (TPSA) is 26.3 Å². The molecule has 0 aromatic heterocycles. The summed E-state index contributed by atoms with van der Waals surface area (Å²) in [5.74, 6) is 0.302. The summed E-state index contributed by atoms with van der Waals surface area (Å²) < 4.78 is 18.4. The van der Waals surface area contributed by atoms with Gasteiger partial charge in [0.25, 0.3) is 0 Å². The number of alkyl halides is 1. The number of carbonyl (C=O) groups excluding carboxylic acids is 1. The van der Waals surface area contributed by atoms with Crippen LogP contribution in [0.4, 0.5) is 4.39 Å². The molecule has 0 radical (unpaired) electrons. The lowest BCUT2D eigenvalue weighted by molar-refractivity contribution is 0.104. The minimum Gasteiger partial charge on any atom is -0.494 e. The molecule has 0 bridgehead atoms. The lowest BCUT2D eigenvalue weighted by Gasteiger charge is -2.04. The molecule has 2 rings (SSSR count). The van der Waals surface area contributed by atoms with Crippen molar-refractivity contribution in [2.24, 2.45) is 0 Å². The molecule has 0 saturated heterocycles. The third-order valence-corrected chi connectivity index (χ3v) is 3.54. The van der Waals surface area contributed by atoms with Gasteiger partial charge in [0.15, 0.2) is 5.78 Å². The SMILES string of the molecule is O=C(C=Cc1ccc(OCCCBr)cc1)c1ccc(F)cc1. The zero-order valence-corrected chi connectivity index (χ0v) is 13.6. The molecule has 0 aliphatic heterocycles. The van der Waals surface area contributed by atoms with Gasteiger partial charge in [-0.15, -0.1) is 0 Å². The number of ketones is 1. The summed E-state index contributed by atoms with van der Waals surface area (Å²) in [6, 6.07) is 13.0. The molecule has 2 nitrogen and oxygen atoms in total. The minimum atomic E-state index is -0.351. The standard InChI is InChI=1S/C18H16BrFO2/c19-12-1-13-22-17-9-2-14(3-10-17)4-11-18(21)15-5-7-16(20)8-6-15/h2-11H,1,12-13H2. The highest BCUT2D eigenvalue weighted by molar-refractivity contribution is 9.09. The van der Waals surface area contributed by atoms with Crippen LogP contribution in [-0.2, 0) is 0 Å². The molecule has 2 aromatic rings. The Hall–Kier alpha value is -1.94. The fourth-order valence-electron chi connectivity index (χ4n) is 1.80. The molecule has 0 unspecified atom stereocenters. The van der Waals surface area contributed by atoms with Crippen molar-refractivity contribution in [2.45, 2.75) is 6.42 Å². The van der Waals surface area contributed by atoms with Crippen LogP contribution in [0.1, 0.15) is 22.3 Å². The second-order valence-corrected chi connectivity index (χ2v) is 5.46. The molecule has 0 fully saturated rings. The van der Waals surface area contributed by atoms with Crippen molar-refractivity contribution < 1.29 is 13.9 Å². The van der Waals surface area contributed by atoms with Gasteiger partial charge in [-0.25, -0.2) is 4.39 Å². The zero-order chi connectivity index (χ0) is 15.8. The Kier molecular flexibility index (Phi) is 6.34. The predicted molar refractivity (Wildman–Crippen MR) is 90.1 cm³/mol. The van der Waals surface area contributed by atoms with Gasteiger partial charge in [-0.05, 0) is 54.5 Å². The van der Waals surface area contributed by atoms with E-state index >= 15 is 0 Å². The quantitative estimate of drug-likeness (QED) is 0.303. The zero-order valence-electron chi connectivity index (χ0n) is 12.0. The van der Waals surface area contributed by atoms with Gasteiger partial charge in [0, 0.05) is 10.9 Å². The van der Waals surface area contributed by atoms with Gasteiger partial charge in [0.2, 0.25) is 0 Å². The largest absolute Gasteiger partial charge is 0.494 e. The maximum Gasteiger partial charge on any atom is 0.185 e. The highest BCUT2D eigenvalue weighted by atomic mass is 79.9. The molecule has 0 aliphatic carbocycles. The van der Waals surface area contributed by atoms with Gasteiger partial charge in [0.05, 0.1) is 6.61 Å². The second-order valence-electron chi connectivity index (χ2n) is 4.66. The highest BCUT2D eigenvalue weighted by Gasteiger charge is 2.01. The van der Waals surface area contributed by atoms with Crippen LogP contribution in [0.25, 0.3) is 6.08 Å². The Bertz CT molecular complexity index is 633. The van der Waals surface area contributed by atoms with Crippen LogP contribution in [0, 0.1) is 5.82 Å². The number of ether oxygens (including phenoxy) is 1. The van der Waals surface area contributed by atoms with Crippen LogP contribution in [0.2, 0.25) is 0 Å². The molecule has 0 aliphatic rings. The summed E-state index contributed by atoms with van der Waals surface area (Å²) in [5, 5.41) is 0.916. The van der Waals surface area contributed by atoms with Crippen LogP contribution in [0.5, 0.6) is 5.75 Å². The number of benzene rings is 2. The molecular formula is C18H16BrFO2. The van der Waals surface area contributed by atoms with Gasteiger partial charge in [-0.2, -0.15) is 0 Å². The first-order chi connectivity index (χ1) is 10.7. The number of hydrogen-bond donors (Lipinski definition) is 0. The van der Waals surface area contributed by atoms with Crippen molar-refractivity contribution in [3.05, 3.63) is 71.6 Å². The lowest BCUT2D eigenvalue weighted by Crippen LogP contribution is -1.97. The molecular weight excluding hydrogens is 347 g/mol. The van der Waals surface area contributed by atoms with Crippen molar-refractivity contribution in [2.75, 3.05) is 11.9 Å². The van der Waals surface area contributed by atoms with Gasteiger partial charge >= 0.3 is 0 Å². The predicted octanol–water partition coefficient (Wildman–Crippen LogP) is 4.89. The van der Waals surface area contributed by atoms with Gasteiger partial charge in [0.1, 0.15) is 11.6 Å². The first kappa shape index (κ1) is 16.4. The monoisotopic (exact) mass is 362 g/mol. The van der Waals surface area contributed by atoms with Crippen molar-refractivity contribution in [1.29, 1.82) is 0 Å². The Labute approximate surface area is 137 Å². The van der Waals surface area contributed by atoms with Crippen molar-refractivity contribution >= 4 is 27.8 Å². The van der Waals surface area contributed by atoms with E-state index in [2.05, 4.69) is 15.9 Å². The minimum absolute atomic E-state index is 0.155. The molecule has 0 atom stereocenters. The first-order valence-corrected chi connectivity index (χ1v) is 8.08. The molecule has 0 amide bonds. The smallest absolute Gasteiger partial charge is 0.185 e. The van der Waals surface area contributed by atoms with Crippen molar-refractivity contribution in [1.82, 2.24) is 0 Å². The highest BCUT2D eigenvalue weighted by Crippen LogP contribution is 2.14. The van der Waals surface area contributed by atoms with Crippen LogP contribution < -0.4 is 4.74 Å². The summed E-state index contributed by atoms with van der Waals surface area (Å²) in [4.78, 5) is 11.9. The fraction of sp³-hybridized carbons (Fsp3) is 0.167. The van der Waals surface area contributed by atoms with E-state index in [0.717, 1.165) is 23.1 Å². The van der Waals surface area contributed by atoms with E-state index in [0.29, 0.717) is 12.2 Å². The molecule has 114 valence electrons. The van der Waals surface area contributed by atoms with E-state index in [9.17, 15) is 9.18 Å². The summed E-state index contributed by atoms with van der Waals surface area (Å²) in [7, 11) is 0. The van der Waals surface area contributed by atoms with E-state index < -0.39 is 0 Å². The summed E-state index contributed by atoms with van der Waals surface area (Å²) in [6.45, 7) is 0.670. The lowest BCUT2D eigenvalue weighted by atomic mass is 10.1. The van der Waals surface area contributed by atoms with Gasteiger partial charge < -0.3 is 4.74 Å². The number of allylic oxidation sites excluding steroid dienone is 1. The van der Waals surface area contributed by atoms with Crippen LogP contribution in [0.3, 0.4) is 0 Å². The molecule has 0 saturated carbocycles. The van der Waals surface area contributed by atoms with Gasteiger partial charge in [-0.3, -0.25) is 4.79 Å². The average Bonchev–Trinajstić information content (AvgIpc) is 2.55. The van der Waals surface area contributed by atoms with Crippen LogP contribution in [-0.4, -0.2) is 17.7 Å². The summed E-state index contributed by atoms with van der Waals surface area (Å²) in [6.07, 6.45) is 4.16. The number of carbonyl (C=O) groups is 1. The fourth-order valence-corrected chi connectivity index (χ4v) is 2.03. The third-order valence-electron chi connectivity index (χ3n) is 2.98. The van der Waals surface area contributed by atoms with Crippen molar-refractivity contribution in [3.8, 4) is 5.75 Å². The van der Waals surface area contributed by atoms with E-state index in [-0.39, 0.29) is 11.6 Å². The third kappa shape index (κ3) is 5.11. The Morgan fingerprint density at radius 1 is 1.09 bits per heavy atom. The van der Waals surface area contributed by atoms with Gasteiger partial charge in [-0.1, -0.05) is 34.1 Å². The molecule has 0 heterocycles. The second kappa shape index (κ2) is 8.49. The Morgan fingerprint density at radius 2 is 1.77 bits per heavy atom. The Balaban J connectivity index is 1.95. The number of hydrogen-bond acceptors (Lipinski definition) is 2. The maximum atomic E-state index is 12.8. The first-order valence-electron chi connectivity index (χ1n) is 6.96. The van der Waals surface area contributed by atoms with E-state index in [4.69, 9.17) is 4.74 Å². The molecule has 0 spiro atoms. The maximum absolute atomic E-state index is 12.8. The molecule has 2 aromatic carbocycles.